The van der Waals surface area contributed by atoms with Gasteiger partial charge >= 0.3 is 6.18 Å². The van der Waals surface area contributed by atoms with E-state index in [0.717, 1.165) is 0 Å². The zero-order valence-corrected chi connectivity index (χ0v) is 14.5. The standard InChI is InChI=1S/C17H23F5N4/c1-23-16(24-9-3-2-8-17(20,21)22)25-12-7-10-26(11-12)15-13(18)5-4-6-14(15)19/h4-6,12H,2-3,7-11H2,1H3,(H2,23,24,25). The van der Waals surface area contributed by atoms with Crippen molar-refractivity contribution < 1.29 is 22.0 Å². The predicted molar refractivity (Wildman–Crippen MR) is 91.4 cm³/mol. The number of alkyl halides is 3. The SMILES string of the molecule is CN=C(NCCCCC(F)(F)F)NC1CCN(c2c(F)cccc2F)C1. The minimum Gasteiger partial charge on any atom is -0.365 e. The van der Waals surface area contributed by atoms with Crippen LogP contribution >= 0.6 is 0 Å². The average Bonchev–Trinajstić information content (AvgIpc) is 3.00. The third kappa shape index (κ3) is 6.03. The zero-order chi connectivity index (χ0) is 19.2. The molecule has 2 N–H and O–H groups in total. The lowest BCUT2D eigenvalue weighted by atomic mass is 10.2. The third-order valence-electron chi connectivity index (χ3n) is 4.19. The van der Waals surface area contributed by atoms with E-state index in [2.05, 4.69) is 15.6 Å². The summed E-state index contributed by atoms with van der Waals surface area (Å²) in [5.74, 6) is -0.728. The maximum atomic E-state index is 13.9. The molecular weight excluding hydrogens is 355 g/mol. The van der Waals surface area contributed by atoms with Crippen LogP contribution in [0.25, 0.3) is 0 Å². The highest BCUT2D eigenvalue weighted by Gasteiger charge is 2.27. The molecule has 26 heavy (non-hydrogen) atoms. The van der Waals surface area contributed by atoms with Crippen molar-refractivity contribution in [2.45, 2.75) is 37.9 Å². The molecular formula is C17H23F5N4. The Labute approximate surface area is 149 Å². The maximum absolute atomic E-state index is 13.9. The van der Waals surface area contributed by atoms with Crippen LogP contribution in [0.1, 0.15) is 25.7 Å². The Hall–Kier alpha value is -2.06. The van der Waals surface area contributed by atoms with Gasteiger partial charge in [0, 0.05) is 39.1 Å². The first-order valence-corrected chi connectivity index (χ1v) is 8.53. The van der Waals surface area contributed by atoms with E-state index < -0.39 is 24.2 Å². The molecule has 1 fully saturated rings. The molecule has 0 spiro atoms. The Morgan fingerprint density at radius 3 is 2.54 bits per heavy atom. The number of hydrogen-bond donors (Lipinski definition) is 2. The van der Waals surface area contributed by atoms with Gasteiger partial charge in [-0.2, -0.15) is 13.2 Å². The summed E-state index contributed by atoms with van der Waals surface area (Å²) in [4.78, 5) is 5.67. The molecule has 0 radical (unpaired) electrons. The number of unbranched alkanes of at least 4 members (excludes halogenated alkanes) is 1. The van der Waals surface area contributed by atoms with E-state index in [9.17, 15) is 22.0 Å². The van der Waals surface area contributed by atoms with Crippen molar-refractivity contribution in [3.8, 4) is 0 Å². The molecule has 1 aliphatic rings. The first-order chi connectivity index (χ1) is 12.3. The number of anilines is 1. The van der Waals surface area contributed by atoms with Gasteiger partial charge in [-0.3, -0.25) is 4.99 Å². The summed E-state index contributed by atoms with van der Waals surface area (Å²) in [6.07, 6.45) is -3.83. The second-order valence-electron chi connectivity index (χ2n) is 6.22. The van der Waals surface area contributed by atoms with Gasteiger partial charge in [0.1, 0.15) is 17.3 Å². The van der Waals surface area contributed by atoms with Crippen LogP contribution in [0.15, 0.2) is 23.2 Å². The van der Waals surface area contributed by atoms with Crippen LogP contribution in [0.2, 0.25) is 0 Å². The molecule has 1 atom stereocenters. The van der Waals surface area contributed by atoms with Crippen LogP contribution in [0.3, 0.4) is 0 Å². The van der Waals surface area contributed by atoms with Gasteiger partial charge in [-0.15, -0.1) is 0 Å². The fraction of sp³-hybridized carbons (Fsp3) is 0.588. The van der Waals surface area contributed by atoms with E-state index in [1.807, 2.05) is 0 Å². The lowest BCUT2D eigenvalue weighted by molar-refractivity contribution is -0.135. The predicted octanol–water partition coefficient (Wildman–Crippen LogP) is 3.44. The molecule has 1 heterocycles. The monoisotopic (exact) mass is 378 g/mol. The zero-order valence-electron chi connectivity index (χ0n) is 14.5. The Kier molecular flexibility index (Phi) is 7.05. The van der Waals surface area contributed by atoms with E-state index >= 15 is 0 Å². The molecule has 1 aliphatic heterocycles. The maximum Gasteiger partial charge on any atom is 0.389 e. The summed E-state index contributed by atoms with van der Waals surface area (Å²) in [5.41, 5.74) is -0.0353. The molecule has 1 aromatic rings. The molecule has 0 aliphatic carbocycles. The number of para-hydroxylation sites is 1. The van der Waals surface area contributed by atoms with E-state index in [1.54, 1.807) is 11.9 Å². The summed E-state index contributed by atoms with van der Waals surface area (Å²) >= 11 is 0. The van der Waals surface area contributed by atoms with Gasteiger partial charge in [0.05, 0.1) is 0 Å². The number of guanidine groups is 1. The number of nitrogens with one attached hydrogen (secondary N) is 2. The fourth-order valence-electron chi connectivity index (χ4n) is 2.92. The van der Waals surface area contributed by atoms with Crippen LogP contribution in [0.4, 0.5) is 27.6 Å². The van der Waals surface area contributed by atoms with E-state index in [0.29, 0.717) is 38.4 Å². The van der Waals surface area contributed by atoms with E-state index in [4.69, 9.17) is 0 Å². The molecule has 0 amide bonds. The van der Waals surface area contributed by atoms with Crippen LogP contribution in [-0.4, -0.2) is 44.9 Å². The molecule has 0 bridgehead atoms. The van der Waals surface area contributed by atoms with Gasteiger partial charge in [-0.1, -0.05) is 6.07 Å². The first-order valence-electron chi connectivity index (χ1n) is 8.53. The normalized spacial score (nSPS) is 18.3. The van der Waals surface area contributed by atoms with Crippen molar-refractivity contribution in [1.29, 1.82) is 0 Å². The second kappa shape index (κ2) is 9.05. The third-order valence-corrected chi connectivity index (χ3v) is 4.19. The highest BCUT2D eigenvalue weighted by molar-refractivity contribution is 5.80. The number of nitrogens with zero attached hydrogens (tertiary/aromatic N) is 2. The Balaban J connectivity index is 1.78. The topological polar surface area (TPSA) is 39.7 Å². The van der Waals surface area contributed by atoms with Gasteiger partial charge < -0.3 is 15.5 Å². The highest BCUT2D eigenvalue weighted by atomic mass is 19.4. The second-order valence-corrected chi connectivity index (χ2v) is 6.22. The Bertz CT molecular complexity index is 597. The van der Waals surface area contributed by atoms with Gasteiger partial charge in [-0.05, 0) is 31.4 Å². The van der Waals surface area contributed by atoms with E-state index in [-0.39, 0.29) is 18.2 Å². The fourth-order valence-corrected chi connectivity index (χ4v) is 2.92. The number of halogens is 5. The molecule has 146 valence electrons. The summed E-state index contributed by atoms with van der Waals surface area (Å²) in [7, 11) is 1.56. The average molecular weight is 378 g/mol. The number of rotatable bonds is 6. The van der Waals surface area contributed by atoms with Gasteiger partial charge in [0.15, 0.2) is 5.96 Å². The minimum atomic E-state index is -4.13. The number of aliphatic imine (C=N–C) groups is 1. The smallest absolute Gasteiger partial charge is 0.365 e. The highest BCUT2D eigenvalue weighted by Crippen LogP contribution is 2.26. The molecule has 1 unspecified atom stereocenters. The summed E-state index contributed by atoms with van der Waals surface area (Å²) in [6.45, 7) is 1.28. The molecule has 0 aromatic heterocycles. The Morgan fingerprint density at radius 1 is 1.23 bits per heavy atom. The molecule has 0 saturated carbocycles. The molecule has 9 heteroatoms. The minimum absolute atomic E-state index is 0.0353. The van der Waals surface area contributed by atoms with Crippen molar-refractivity contribution in [3.05, 3.63) is 29.8 Å². The van der Waals surface area contributed by atoms with Crippen LogP contribution in [0.5, 0.6) is 0 Å². The summed E-state index contributed by atoms with van der Waals surface area (Å²) in [5, 5.41) is 6.11. The van der Waals surface area contributed by atoms with Gasteiger partial charge in [0.25, 0.3) is 0 Å². The Morgan fingerprint density at radius 2 is 1.92 bits per heavy atom. The molecule has 4 nitrogen and oxygen atoms in total. The van der Waals surface area contributed by atoms with Gasteiger partial charge in [-0.25, -0.2) is 8.78 Å². The largest absolute Gasteiger partial charge is 0.389 e. The van der Waals surface area contributed by atoms with Crippen molar-refractivity contribution >= 4 is 11.6 Å². The van der Waals surface area contributed by atoms with Crippen LogP contribution in [-0.2, 0) is 0 Å². The summed E-state index contributed by atoms with van der Waals surface area (Å²) < 4.78 is 64.0. The molecule has 1 aromatic carbocycles. The molecule has 1 saturated heterocycles. The van der Waals surface area contributed by atoms with Gasteiger partial charge in [0.2, 0.25) is 0 Å². The summed E-state index contributed by atoms with van der Waals surface area (Å²) in [6, 6.07) is 3.71. The number of benzene rings is 1. The number of hydrogen-bond acceptors (Lipinski definition) is 2. The van der Waals surface area contributed by atoms with Crippen LogP contribution < -0.4 is 15.5 Å². The lowest BCUT2D eigenvalue weighted by Gasteiger charge is -2.21. The van der Waals surface area contributed by atoms with Crippen LogP contribution in [0, 0.1) is 11.6 Å². The molecule has 2 rings (SSSR count). The quantitative estimate of drug-likeness (QED) is 0.345. The van der Waals surface area contributed by atoms with Crippen molar-refractivity contribution in [2.75, 3.05) is 31.6 Å². The van der Waals surface area contributed by atoms with Crippen molar-refractivity contribution in [3.63, 3.8) is 0 Å². The first kappa shape index (κ1) is 20.3. The lowest BCUT2D eigenvalue weighted by Crippen LogP contribution is -2.45. The van der Waals surface area contributed by atoms with E-state index in [1.165, 1.54) is 18.2 Å². The van der Waals surface area contributed by atoms with Crippen molar-refractivity contribution in [2.24, 2.45) is 4.99 Å². The van der Waals surface area contributed by atoms with Crippen molar-refractivity contribution in [1.82, 2.24) is 10.6 Å².